The van der Waals surface area contributed by atoms with Crippen LogP contribution in [0.25, 0.3) is 0 Å². The summed E-state index contributed by atoms with van der Waals surface area (Å²) in [6.07, 6.45) is 3.03. The smallest absolute Gasteiger partial charge is 0.222 e. The minimum absolute atomic E-state index is 0.294. The highest BCUT2D eigenvalue weighted by atomic mass is 16.2. The van der Waals surface area contributed by atoms with E-state index in [4.69, 9.17) is 0 Å². The monoisotopic (exact) mass is 240 g/mol. The van der Waals surface area contributed by atoms with E-state index in [0.29, 0.717) is 24.4 Å². The van der Waals surface area contributed by atoms with E-state index in [2.05, 4.69) is 32.6 Å². The lowest BCUT2D eigenvalue weighted by Crippen LogP contribution is -2.33. The Hall–Kier alpha value is -0.570. The average Bonchev–Trinajstić information content (AvgIpc) is 2.73. The van der Waals surface area contributed by atoms with E-state index in [1.807, 2.05) is 11.9 Å². The molecule has 0 aromatic rings. The number of hydrogen-bond acceptors (Lipinski definition) is 2. The van der Waals surface area contributed by atoms with Crippen molar-refractivity contribution in [1.82, 2.24) is 9.80 Å². The third-order valence-electron chi connectivity index (χ3n) is 3.98. The molecule has 1 fully saturated rings. The fourth-order valence-corrected chi connectivity index (χ4v) is 2.36. The molecule has 3 nitrogen and oxygen atoms in total. The zero-order chi connectivity index (χ0) is 13.0. The highest BCUT2D eigenvalue weighted by Gasteiger charge is 2.25. The molecule has 1 aliphatic rings. The number of nitrogens with zero attached hydrogens (tertiary/aromatic N) is 2. The largest absolute Gasteiger partial charge is 0.343 e. The van der Waals surface area contributed by atoms with Crippen molar-refractivity contribution in [3.63, 3.8) is 0 Å². The molecule has 17 heavy (non-hydrogen) atoms. The van der Waals surface area contributed by atoms with E-state index >= 15 is 0 Å². The molecule has 0 aliphatic carbocycles. The van der Waals surface area contributed by atoms with Gasteiger partial charge in [0.1, 0.15) is 0 Å². The number of amides is 1. The van der Waals surface area contributed by atoms with Crippen molar-refractivity contribution >= 4 is 5.91 Å². The molecule has 1 atom stereocenters. The Kier molecular flexibility index (Phi) is 5.44. The standard InChI is InChI=1S/C14H28N2O/c1-11(2)15(5)14(17)7-6-13-8-9-16(10-13)12(3)4/h11-13H,6-10H2,1-5H3. The first kappa shape index (κ1) is 14.5. The molecule has 0 aromatic carbocycles. The maximum atomic E-state index is 11.9. The molecule has 100 valence electrons. The lowest BCUT2D eigenvalue weighted by Gasteiger charge is -2.23. The Morgan fingerprint density at radius 3 is 2.47 bits per heavy atom. The maximum Gasteiger partial charge on any atom is 0.222 e. The van der Waals surface area contributed by atoms with Gasteiger partial charge < -0.3 is 9.80 Å². The van der Waals surface area contributed by atoms with Crippen LogP contribution in [0.5, 0.6) is 0 Å². The van der Waals surface area contributed by atoms with Gasteiger partial charge in [0, 0.05) is 32.1 Å². The van der Waals surface area contributed by atoms with Gasteiger partial charge >= 0.3 is 0 Å². The zero-order valence-corrected chi connectivity index (χ0v) is 12.1. The van der Waals surface area contributed by atoms with Crippen molar-refractivity contribution in [2.45, 2.75) is 59.0 Å². The number of hydrogen-bond donors (Lipinski definition) is 0. The van der Waals surface area contributed by atoms with Crippen LogP contribution in [-0.4, -0.2) is 47.9 Å². The maximum absolute atomic E-state index is 11.9. The van der Waals surface area contributed by atoms with Gasteiger partial charge in [-0.3, -0.25) is 4.79 Å². The summed E-state index contributed by atoms with van der Waals surface area (Å²) in [5.74, 6) is 1.02. The predicted octanol–water partition coefficient (Wildman–Crippen LogP) is 2.36. The van der Waals surface area contributed by atoms with Gasteiger partial charge in [-0.15, -0.1) is 0 Å². The van der Waals surface area contributed by atoms with Gasteiger partial charge in [0.15, 0.2) is 0 Å². The van der Waals surface area contributed by atoms with Crippen LogP contribution in [0.2, 0.25) is 0 Å². The number of rotatable bonds is 5. The third-order valence-corrected chi connectivity index (χ3v) is 3.98. The van der Waals surface area contributed by atoms with Crippen molar-refractivity contribution in [3.05, 3.63) is 0 Å². The van der Waals surface area contributed by atoms with E-state index in [9.17, 15) is 4.79 Å². The lowest BCUT2D eigenvalue weighted by atomic mass is 10.0. The molecule has 1 aliphatic heterocycles. The Balaban J connectivity index is 2.26. The van der Waals surface area contributed by atoms with Crippen molar-refractivity contribution in [2.75, 3.05) is 20.1 Å². The van der Waals surface area contributed by atoms with E-state index in [-0.39, 0.29) is 0 Å². The van der Waals surface area contributed by atoms with E-state index in [0.717, 1.165) is 12.3 Å². The van der Waals surface area contributed by atoms with Crippen LogP contribution >= 0.6 is 0 Å². The minimum Gasteiger partial charge on any atom is -0.343 e. The Labute approximate surface area is 106 Å². The second-order valence-corrected chi connectivity index (χ2v) is 5.88. The van der Waals surface area contributed by atoms with Crippen molar-refractivity contribution in [3.8, 4) is 0 Å². The topological polar surface area (TPSA) is 23.6 Å². The molecule has 1 saturated heterocycles. The van der Waals surface area contributed by atoms with Crippen LogP contribution < -0.4 is 0 Å². The van der Waals surface area contributed by atoms with Gasteiger partial charge in [-0.25, -0.2) is 0 Å². The average molecular weight is 240 g/mol. The van der Waals surface area contributed by atoms with Crippen LogP contribution in [0, 0.1) is 5.92 Å². The first-order chi connectivity index (χ1) is 7.91. The minimum atomic E-state index is 0.294. The van der Waals surface area contributed by atoms with Gasteiger partial charge in [0.2, 0.25) is 5.91 Å². The normalized spacial score (nSPS) is 21.5. The summed E-state index contributed by atoms with van der Waals surface area (Å²) in [5, 5.41) is 0. The van der Waals surface area contributed by atoms with Gasteiger partial charge in [0.25, 0.3) is 0 Å². The van der Waals surface area contributed by atoms with Crippen LogP contribution in [0.3, 0.4) is 0 Å². The number of carbonyl (C=O) groups is 1. The Bertz CT molecular complexity index is 251. The van der Waals surface area contributed by atoms with E-state index < -0.39 is 0 Å². The number of likely N-dealkylation sites (tertiary alicyclic amines) is 1. The highest BCUT2D eigenvalue weighted by Crippen LogP contribution is 2.23. The molecule has 0 aromatic heterocycles. The summed E-state index contributed by atoms with van der Waals surface area (Å²) in [5.41, 5.74) is 0. The van der Waals surface area contributed by atoms with Crippen LogP contribution in [-0.2, 0) is 4.79 Å². The molecule has 3 heteroatoms. The summed E-state index contributed by atoms with van der Waals surface area (Å²) >= 11 is 0. The van der Waals surface area contributed by atoms with Gasteiger partial charge in [-0.1, -0.05) is 0 Å². The summed E-state index contributed by atoms with van der Waals surface area (Å²) in [4.78, 5) is 16.2. The third kappa shape index (κ3) is 4.30. The molecule has 0 bridgehead atoms. The Morgan fingerprint density at radius 1 is 1.35 bits per heavy atom. The fourth-order valence-electron chi connectivity index (χ4n) is 2.36. The molecule has 0 saturated carbocycles. The van der Waals surface area contributed by atoms with Crippen molar-refractivity contribution in [1.29, 1.82) is 0 Å². The summed E-state index contributed by atoms with van der Waals surface area (Å²) in [7, 11) is 1.90. The fraction of sp³-hybridized carbons (Fsp3) is 0.929. The summed E-state index contributed by atoms with van der Waals surface area (Å²) in [6.45, 7) is 11.0. The number of carbonyl (C=O) groups excluding carboxylic acids is 1. The summed E-state index contributed by atoms with van der Waals surface area (Å²) < 4.78 is 0. The molecule has 1 unspecified atom stereocenters. The van der Waals surface area contributed by atoms with Gasteiger partial charge in [-0.05, 0) is 53.0 Å². The summed E-state index contributed by atoms with van der Waals surface area (Å²) in [6, 6.07) is 0.965. The van der Waals surface area contributed by atoms with E-state index in [1.165, 1.54) is 19.5 Å². The Morgan fingerprint density at radius 2 is 2.00 bits per heavy atom. The second-order valence-electron chi connectivity index (χ2n) is 5.88. The van der Waals surface area contributed by atoms with Crippen LogP contribution in [0.15, 0.2) is 0 Å². The first-order valence-electron chi connectivity index (χ1n) is 6.91. The molecule has 1 amide bonds. The van der Waals surface area contributed by atoms with Crippen molar-refractivity contribution in [2.24, 2.45) is 5.92 Å². The van der Waals surface area contributed by atoms with Gasteiger partial charge in [-0.2, -0.15) is 0 Å². The molecule has 1 rings (SSSR count). The molecular formula is C14H28N2O. The van der Waals surface area contributed by atoms with Crippen molar-refractivity contribution < 1.29 is 4.79 Å². The quantitative estimate of drug-likeness (QED) is 0.736. The molecule has 0 spiro atoms. The second kappa shape index (κ2) is 6.39. The van der Waals surface area contributed by atoms with Crippen LogP contribution in [0.4, 0.5) is 0 Å². The predicted molar refractivity (Wildman–Crippen MR) is 72.0 cm³/mol. The zero-order valence-electron chi connectivity index (χ0n) is 12.1. The lowest BCUT2D eigenvalue weighted by molar-refractivity contribution is -0.131. The molecule has 0 radical (unpaired) electrons. The molecule has 1 heterocycles. The van der Waals surface area contributed by atoms with Gasteiger partial charge in [0.05, 0.1) is 0 Å². The first-order valence-corrected chi connectivity index (χ1v) is 6.91. The van der Waals surface area contributed by atoms with Crippen LogP contribution in [0.1, 0.15) is 47.0 Å². The van der Waals surface area contributed by atoms with E-state index in [1.54, 1.807) is 0 Å². The molecular weight excluding hydrogens is 212 g/mol. The molecule has 0 N–H and O–H groups in total. The SMILES string of the molecule is CC(C)N1CCC(CCC(=O)N(C)C(C)C)C1. The highest BCUT2D eigenvalue weighted by molar-refractivity contribution is 5.76.